The minimum absolute atomic E-state index is 0. The SMILES string of the molecule is CCC(=O)N1C[B]N(C)C(=O)C1C.[Y]. The molecular weight excluding hydrogens is 256 g/mol. The smallest absolute Gasteiger partial charge is 0.270 e. The van der Waals surface area contributed by atoms with Crippen molar-refractivity contribution in [3.05, 3.63) is 0 Å². The van der Waals surface area contributed by atoms with Gasteiger partial charge in [0.15, 0.2) is 0 Å². The predicted octanol–water partition coefficient (Wildman–Crippen LogP) is -0.340. The van der Waals surface area contributed by atoms with Crippen molar-refractivity contribution in [3.63, 3.8) is 0 Å². The van der Waals surface area contributed by atoms with E-state index in [0.717, 1.165) is 0 Å². The minimum Gasteiger partial charge on any atom is -0.390 e. The summed E-state index contributed by atoms with van der Waals surface area (Å²) in [6, 6.07) is -0.317. The van der Waals surface area contributed by atoms with Gasteiger partial charge in [-0.25, -0.2) is 0 Å². The molecule has 1 fully saturated rings. The molecule has 1 saturated heterocycles. The molecule has 1 aliphatic heterocycles. The standard InChI is InChI=1S/C8H14BN2O2.Y/c1-4-7(12)11-5-9-10(3)8(13)6(11)2;/h6H,4-5H2,1-3H3;. The molecule has 1 aliphatic rings. The first-order valence-electron chi connectivity index (χ1n) is 4.47. The van der Waals surface area contributed by atoms with Crippen LogP contribution in [0.2, 0.25) is 0 Å². The van der Waals surface area contributed by atoms with E-state index in [9.17, 15) is 9.59 Å². The summed E-state index contributed by atoms with van der Waals surface area (Å²) in [5, 5.41) is 0. The molecule has 0 saturated carbocycles. The second kappa shape index (κ2) is 5.86. The van der Waals surface area contributed by atoms with Crippen LogP contribution in [0.5, 0.6) is 0 Å². The molecule has 0 spiro atoms. The van der Waals surface area contributed by atoms with E-state index < -0.39 is 0 Å². The number of amides is 2. The van der Waals surface area contributed by atoms with Crippen LogP contribution in [0.15, 0.2) is 0 Å². The summed E-state index contributed by atoms with van der Waals surface area (Å²) < 4.78 is 0. The average Bonchev–Trinajstić information content (AvgIpc) is 2.13. The molecule has 0 aromatic carbocycles. The number of hydrogen-bond acceptors (Lipinski definition) is 2. The van der Waals surface area contributed by atoms with E-state index in [1.807, 2.05) is 0 Å². The van der Waals surface area contributed by atoms with E-state index >= 15 is 0 Å². The summed E-state index contributed by atoms with van der Waals surface area (Å²) >= 11 is 0. The maximum Gasteiger partial charge on any atom is 0.270 e. The summed E-state index contributed by atoms with van der Waals surface area (Å²) in [5.41, 5.74) is 0. The fourth-order valence-corrected chi connectivity index (χ4v) is 1.41. The van der Waals surface area contributed by atoms with Gasteiger partial charge in [-0.1, -0.05) is 6.92 Å². The normalized spacial score (nSPS) is 21.4. The molecule has 74 valence electrons. The second-order valence-electron chi connectivity index (χ2n) is 3.21. The molecule has 1 rings (SSSR count). The summed E-state index contributed by atoms with van der Waals surface area (Å²) in [6.07, 6.45) is 0.991. The maximum atomic E-state index is 11.5. The molecule has 2 amide bonds. The molecular formula is C8H14BN2O2Y. The first-order chi connectivity index (χ1) is 6.07. The maximum absolute atomic E-state index is 11.5. The van der Waals surface area contributed by atoms with Gasteiger partial charge in [-0.15, -0.1) is 0 Å². The van der Waals surface area contributed by atoms with Crippen molar-refractivity contribution in [3.8, 4) is 0 Å². The van der Waals surface area contributed by atoms with Crippen LogP contribution in [0.1, 0.15) is 20.3 Å². The molecule has 4 nitrogen and oxygen atoms in total. The van der Waals surface area contributed by atoms with E-state index in [4.69, 9.17) is 0 Å². The number of hydrogen-bond donors (Lipinski definition) is 0. The summed E-state index contributed by atoms with van der Waals surface area (Å²) in [7, 11) is 3.45. The zero-order valence-corrected chi connectivity index (χ0v) is 11.7. The zero-order valence-electron chi connectivity index (χ0n) is 8.86. The third-order valence-corrected chi connectivity index (χ3v) is 2.35. The molecule has 0 bridgehead atoms. The van der Waals surface area contributed by atoms with Gasteiger partial charge in [0.05, 0.1) is 0 Å². The van der Waals surface area contributed by atoms with E-state index in [0.29, 0.717) is 12.9 Å². The monoisotopic (exact) mass is 270 g/mol. The van der Waals surface area contributed by atoms with Crippen LogP contribution in [0.4, 0.5) is 0 Å². The quantitative estimate of drug-likeness (QED) is 0.611. The first kappa shape index (κ1) is 14.1. The van der Waals surface area contributed by atoms with Gasteiger partial charge >= 0.3 is 0 Å². The molecule has 0 aromatic rings. The number of carbonyl (C=O) groups excluding carboxylic acids is 2. The third-order valence-electron chi connectivity index (χ3n) is 2.35. The van der Waals surface area contributed by atoms with E-state index in [-0.39, 0.29) is 50.6 Å². The molecule has 0 N–H and O–H groups in total. The Balaban J connectivity index is 0.00000169. The van der Waals surface area contributed by atoms with Gasteiger partial charge in [0.1, 0.15) is 6.04 Å². The number of nitrogens with zero attached hydrogens (tertiary/aromatic N) is 2. The average molecular weight is 270 g/mol. The van der Waals surface area contributed by atoms with Crippen molar-refractivity contribution in [2.75, 3.05) is 13.5 Å². The largest absolute Gasteiger partial charge is 0.390 e. The predicted molar refractivity (Wildman–Crippen MR) is 50.0 cm³/mol. The first-order valence-corrected chi connectivity index (χ1v) is 4.47. The fourth-order valence-electron chi connectivity index (χ4n) is 1.41. The van der Waals surface area contributed by atoms with E-state index in [1.165, 1.54) is 0 Å². The van der Waals surface area contributed by atoms with Gasteiger partial charge < -0.3 is 9.71 Å². The third kappa shape index (κ3) is 2.80. The second-order valence-corrected chi connectivity index (χ2v) is 3.21. The van der Waals surface area contributed by atoms with Crippen molar-refractivity contribution in [1.82, 2.24) is 9.71 Å². The molecule has 1 heterocycles. The van der Waals surface area contributed by atoms with Gasteiger partial charge in [0.2, 0.25) is 11.8 Å². The van der Waals surface area contributed by atoms with Crippen LogP contribution in [0, 0.1) is 0 Å². The van der Waals surface area contributed by atoms with Crippen molar-refractivity contribution in [2.45, 2.75) is 26.3 Å². The molecule has 2 radical (unpaired) electrons. The van der Waals surface area contributed by atoms with Crippen molar-refractivity contribution in [2.24, 2.45) is 0 Å². The van der Waals surface area contributed by atoms with Crippen LogP contribution in [0.3, 0.4) is 0 Å². The molecule has 1 atom stereocenters. The summed E-state index contributed by atoms with van der Waals surface area (Å²) in [5.74, 6) is 0.0123. The van der Waals surface area contributed by atoms with Gasteiger partial charge in [0.25, 0.3) is 7.41 Å². The van der Waals surface area contributed by atoms with Gasteiger partial charge in [-0.05, 0) is 14.0 Å². The van der Waals surface area contributed by atoms with Crippen LogP contribution >= 0.6 is 0 Å². The van der Waals surface area contributed by atoms with Crippen molar-refractivity contribution in [1.29, 1.82) is 0 Å². The Bertz CT molecular complexity index is 237. The minimum atomic E-state index is -0.317. The van der Waals surface area contributed by atoms with E-state index in [1.54, 1.807) is 38.0 Å². The molecule has 1 unspecified atom stereocenters. The van der Waals surface area contributed by atoms with Crippen molar-refractivity contribution < 1.29 is 42.3 Å². The molecule has 0 aromatic heterocycles. The topological polar surface area (TPSA) is 40.6 Å². The van der Waals surface area contributed by atoms with Crippen LogP contribution < -0.4 is 0 Å². The van der Waals surface area contributed by atoms with Crippen LogP contribution in [-0.2, 0) is 42.3 Å². The van der Waals surface area contributed by atoms with E-state index in [2.05, 4.69) is 0 Å². The number of carbonyl (C=O) groups is 2. The van der Waals surface area contributed by atoms with Crippen LogP contribution in [-0.4, -0.2) is 48.5 Å². The number of rotatable bonds is 1. The van der Waals surface area contributed by atoms with Crippen LogP contribution in [0.25, 0.3) is 0 Å². The van der Waals surface area contributed by atoms with Gasteiger partial charge in [-0.3, -0.25) is 9.59 Å². The Morgan fingerprint density at radius 1 is 1.64 bits per heavy atom. The molecule has 14 heavy (non-hydrogen) atoms. The Kier molecular flexibility index (Phi) is 5.91. The summed E-state index contributed by atoms with van der Waals surface area (Å²) in [4.78, 5) is 26.0. The van der Waals surface area contributed by atoms with Gasteiger partial charge in [0, 0.05) is 45.6 Å². The Morgan fingerprint density at radius 3 is 2.71 bits per heavy atom. The fraction of sp³-hybridized carbons (Fsp3) is 0.750. The van der Waals surface area contributed by atoms with Gasteiger partial charge in [-0.2, -0.15) is 0 Å². The Hall–Kier alpha value is 0.109. The zero-order chi connectivity index (χ0) is 10.0. The number of likely N-dealkylation sites (N-methyl/N-ethyl adjacent to an activating group) is 1. The van der Waals surface area contributed by atoms with Crippen molar-refractivity contribution >= 4 is 19.2 Å². The molecule has 6 heteroatoms. The Labute approximate surface area is 111 Å². The summed E-state index contributed by atoms with van der Waals surface area (Å²) in [6.45, 7) is 3.57. The molecule has 0 aliphatic carbocycles. The Morgan fingerprint density at radius 2 is 2.21 bits per heavy atom.